The second-order valence-corrected chi connectivity index (χ2v) is 8.58. The van der Waals surface area contributed by atoms with E-state index in [9.17, 15) is 4.79 Å². The first-order chi connectivity index (χ1) is 15.5. The SMILES string of the molecule is CCn1c(SCC(=O)Nc2cc(C)ccc2C)nnc1-c1cn(C)nc1-c1ccccc1. The molecular weight excluding hydrogens is 420 g/mol. The molecule has 0 saturated carbocycles. The number of benzene rings is 2. The van der Waals surface area contributed by atoms with Crippen LogP contribution in [0.1, 0.15) is 18.1 Å². The highest BCUT2D eigenvalue weighted by atomic mass is 32.2. The second kappa shape index (κ2) is 9.40. The molecule has 0 bridgehead atoms. The number of rotatable bonds is 7. The third kappa shape index (κ3) is 4.60. The van der Waals surface area contributed by atoms with Crippen molar-refractivity contribution >= 4 is 23.4 Å². The minimum absolute atomic E-state index is 0.0674. The molecule has 0 aliphatic heterocycles. The quantitative estimate of drug-likeness (QED) is 0.416. The van der Waals surface area contributed by atoms with Crippen molar-refractivity contribution < 1.29 is 4.79 Å². The molecule has 8 heteroatoms. The fraction of sp³-hybridized carbons (Fsp3) is 0.250. The average molecular weight is 447 g/mol. The van der Waals surface area contributed by atoms with Gasteiger partial charge in [0.25, 0.3) is 0 Å². The molecule has 0 fully saturated rings. The Bertz CT molecular complexity index is 1240. The highest BCUT2D eigenvalue weighted by molar-refractivity contribution is 7.99. The molecule has 1 N–H and O–H groups in total. The number of aryl methyl sites for hydroxylation is 3. The number of anilines is 1. The van der Waals surface area contributed by atoms with Crippen molar-refractivity contribution in [2.75, 3.05) is 11.1 Å². The Morgan fingerprint density at radius 2 is 1.88 bits per heavy atom. The number of carbonyl (C=O) groups is 1. The van der Waals surface area contributed by atoms with Gasteiger partial charge in [-0.2, -0.15) is 5.10 Å². The summed E-state index contributed by atoms with van der Waals surface area (Å²) < 4.78 is 3.82. The molecule has 0 aliphatic carbocycles. The Kier molecular flexibility index (Phi) is 6.41. The lowest BCUT2D eigenvalue weighted by Gasteiger charge is -2.10. The maximum atomic E-state index is 12.6. The molecule has 164 valence electrons. The van der Waals surface area contributed by atoms with E-state index in [-0.39, 0.29) is 11.7 Å². The van der Waals surface area contributed by atoms with Gasteiger partial charge in [-0.3, -0.25) is 9.48 Å². The number of aromatic nitrogens is 5. The third-order valence-corrected chi connectivity index (χ3v) is 6.12. The smallest absolute Gasteiger partial charge is 0.234 e. The Morgan fingerprint density at radius 3 is 2.62 bits per heavy atom. The highest BCUT2D eigenvalue weighted by Gasteiger charge is 2.20. The van der Waals surface area contributed by atoms with E-state index >= 15 is 0 Å². The zero-order valence-electron chi connectivity index (χ0n) is 18.7. The minimum atomic E-state index is -0.0674. The van der Waals surface area contributed by atoms with Gasteiger partial charge in [0.05, 0.1) is 11.3 Å². The molecular formula is C24H26N6OS. The number of carbonyl (C=O) groups excluding carboxylic acids is 1. The number of hydrogen-bond acceptors (Lipinski definition) is 5. The summed E-state index contributed by atoms with van der Waals surface area (Å²) in [4.78, 5) is 12.6. The van der Waals surface area contributed by atoms with Gasteiger partial charge in [0.2, 0.25) is 5.91 Å². The molecule has 2 heterocycles. The molecule has 0 spiro atoms. The molecule has 2 aromatic carbocycles. The molecule has 0 saturated heterocycles. The van der Waals surface area contributed by atoms with Gasteiger partial charge in [0.15, 0.2) is 11.0 Å². The van der Waals surface area contributed by atoms with Gasteiger partial charge in [-0.15, -0.1) is 10.2 Å². The lowest BCUT2D eigenvalue weighted by atomic mass is 10.1. The summed E-state index contributed by atoms with van der Waals surface area (Å²) in [5.74, 6) is 0.934. The number of nitrogens with one attached hydrogen (secondary N) is 1. The maximum Gasteiger partial charge on any atom is 0.234 e. The zero-order chi connectivity index (χ0) is 22.7. The molecule has 0 radical (unpaired) electrons. The fourth-order valence-electron chi connectivity index (χ4n) is 3.53. The Hall–Kier alpha value is -3.39. The third-order valence-electron chi connectivity index (χ3n) is 5.15. The van der Waals surface area contributed by atoms with E-state index in [0.29, 0.717) is 11.7 Å². The van der Waals surface area contributed by atoms with Crippen molar-refractivity contribution in [3.8, 4) is 22.6 Å². The van der Waals surface area contributed by atoms with Crippen LogP contribution in [0.5, 0.6) is 0 Å². The van der Waals surface area contributed by atoms with Crippen LogP contribution in [0.15, 0.2) is 59.9 Å². The molecule has 2 aromatic heterocycles. The van der Waals surface area contributed by atoms with Crippen molar-refractivity contribution in [1.29, 1.82) is 0 Å². The first kappa shape index (κ1) is 21.8. The van der Waals surface area contributed by atoms with Gasteiger partial charge in [-0.05, 0) is 38.0 Å². The Labute approximate surface area is 191 Å². The van der Waals surface area contributed by atoms with Crippen LogP contribution in [0.25, 0.3) is 22.6 Å². The van der Waals surface area contributed by atoms with Crippen LogP contribution in [-0.2, 0) is 18.4 Å². The summed E-state index contributed by atoms with van der Waals surface area (Å²) >= 11 is 1.38. The van der Waals surface area contributed by atoms with Crippen molar-refractivity contribution in [3.63, 3.8) is 0 Å². The van der Waals surface area contributed by atoms with Gasteiger partial charge in [-0.25, -0.2) is 0 Å². The van der Waals surface area contributed by atoms with Gasteiger partial charge >= 0.3 is 0 Å². The van der Waals surface area contributed by atoms with Crippen molar-refractivity contribution in [2.45, 2.75) is 32.5 Å². The van der Waals surface area contributed by atoms with Crippen molar-refractivity contribution in [1.82, 2.24) is 24.5 Å². The van der Waals surface area contributed by atoms with Gasteiger partial charge in [0.1, 0.15) is 5.69 Å². The monoisotopic (exact) mass is 446 g/mol. The molecule has 0 unspecified atom stereocenters. The number of nitrogens with zero attached hydrogens (tertiary/aromatic N) is 5. The molecule has 0 atom stereocenters. The van der Waals surface area contributed by atoms with Crippen LogP contribution >= 0.6 is 11.8 Å². The lowest BCUT2D eigenvalue weighted by Crippen LogP contribution is -2.15. The van der Waals surface area contributed by atoms with Gasteiger partial charge in [-0.1, -0.05) is 54.2 Å². The van der Waals surface area contributed by atoms with Crippen LogP contribution in [-0.4, -0.2) is 36.2 Å². The van der Waals surface area contributed by atoms with Crippen LogP contribution in [0.3, 0.4) is 0 Å². The van der Waals surface area contributed by atoms with E-state index < -0.39 is 0 Å². The average Bonchev–Trinajstić information content (AvgIpc) is 3.38. The highest BCUT2D eigenvalue weighted by Crippen LogP contribution is 2.31. The summed E-state index contributed by atoms with van der Waals surface area (Å²) in [6.45, 7) is 6.73. The topological polar surface area (TPSA) is 77.6 Å². The summed E-state index contributed by atoms with van der Waals surface area (Å²) in [6, 6.07) is 16.1. The number of hydrogen-bond donors (Lipinski definition) is 1. The Balaban J connectivity index is 1.55. The first-order valence-electron chi connectivity index (χ1n) is 10.5. The molecule has 1 amide bonds. The molecule has 4 rings (SSSR count). The minimum Gasteiger partial charge on any atom is -0.325 e. The fourth-order valence-corrected chi connectivity index (χ4v) is 4.33. The molecule has 7 nitrogen and oxygen atoms in total. The van der Waals surface area contributed by atoms with Crippen LogP contribution in [0.4, 0.5) is 5.69 Å². The van der Waals surface area contributed by atoms with Crippen molar-refractivity contribution in [2.24, 2.45) is 7.05 Å². The molecule has 0 aliphatic rings. The summed E-state index contributed by atoms with van der Waals surface area (Å²) in [6.07, 6.45) is 1.96. The summed E-state index contributed by atoms with van der Waals surface area (Å²) in [5, 5.41) is 17.2. The van der Waals surface area contributed by atoms with E-state index in [1.54, 1.807) is 4.68 Å². The summed E-state index contributed by atoms with van der Waals surface area (Å²) in [7, 11) is 1.90. The van der Waals surface area contributed by atoms with Crippen molar-refractivity contribution in [3.05, 3.63) is 65.9 Å². The normalized spacial score (nSPS) is 11.0. The zero-order valence-corrected chi connectivity index (χ0v) is 19.5. The largest absolute Gasteiger partial charge is 0.325 e. The predicted octanol–water partition coefficient (Wildman–Crippen LogP) is 4.71. The van der Waals surface area contributed by atoms with Crippen LogP contribution < -0.4 is 5.32 Å². The van der Waals surface area contributed by atoms with E-state index in [1.807, 2.05) is 87.1 Å². The Morgan fingerprint density at radius 1 is 1.09 bits per heavy atom. The summed E-state index contributed by atoms with van der Waals surface area (Å²) in [5.41, 5.74) is 5.80. The molecule has 4 aromatic rings. The van der Waals surface area contributed by atoms with E-state index in [0.717, 1.165) is 39.5 Å². The second-order valence-electron chi connectivity index (χ2n) is 7.64. The first-order valence-corrected chi connectivity index (χ1v) is 11.5. The van der Waals surface area contributed by atoms with Crippen LogP contribution in [0, 0.1) is 13.8 Å². The number of amides is 1. The maximum absolute atomic E-state index is 12.6. The van der Waals surface area contributed by atoms with Gasteiger partial charge < -0.3 is 9.88 Å². The number of thioether (sulfide) groups is 1. The predicted molar refractivity (Wildman–Crippen MR) is 129 cm³/mol. The lowest BCUT2D eigenvalue weighted by molar-refractivity contribution is -0.113. The van der Waals surface area contributed by atoms with E-state index in [2.05, 4.69) is 20.6 Å². The van der Waals surface area contributed by atoms with Crippen LogP contribution in [0.2, 0.25) is 0 Å². The standard InChI is InChI=1S/C24H26N6OS/c1-5-30-23(19-14-29(4)28-22(19)18-9-7-6-8-10-18)26-27-24(30)32-15-21(31)25-20-13-16(2)11-12-17(20)3/h6-14H,5,15H2,1-4H3,(H,25,31). The van der Waals surface area contributed by atoms with Gasteiger partial charge in [0, 0.05) is 31.0 Å². The van der Waals surface area contributed by atoms with E-state index in [1.165, 1.54) is 11.8 Å². The molecule has 32 heavy (non-hydrogen) atoms. The van der Waals surface area contributed by atoms with E-state index in [4.69, 9.17) is 0 Å².